The summed E-state index contributed by atoms with van der Waals surface area (Å²) < 4.78 is 0. The predicted octanol–water partition coefficient (Wildman–Crippen LogP) is 2.29. The second-order valence-corrected chi connectivity index (χ2v) is 6.26. The third-order valence-corrected chi connectivity index (χ3v) is 3.95. The van der Waals surface area contributed by atoms with Crippen molar-refractivity contribution in [1.29, 1.82) is 0 Å². The maximum atomic E-state index is 12.3. The van der Waals surface area contributed by atoms with E-state index in [1.54, 1.807) is 0 Å². The van der Waals surface area contributed by atoms with Crippen LogP contribution in [0.1, 0.15) is 41.0 Å². The van der Waals surface area contributed by atoms with E-state index in [1.165, 1.54) is 0 Å². The molecule has 3 nitrogen and oxygen atoms in total. The molecular weight excluding hydrogens is 236 g/mol. The quantitative estimate of drug-likeness (QED) is 0.830. The van der Waals surface area contributed by atoms with E-state index < -0.39 is 0 Å². The van der Waals surface area contributed by atoms with Gasteiger partial charge in [0.05, 0.1) is 0 Å². The molecule has 1 saturated heterocycles. The average Bonchev–Trinajstić information content (AvgIpc) is 2.56. The number of rotatable bonds is 2. The standard InChI is InChI=1S/C13H26N2O.ClH/c1-9-6-11(7-14)8-15(9)12(16)10(2)13(3,4)5;/h9-11H,6-8,14H2,1-5H3;1H. The van der Waals surface area contributed by atoms with Crippen molar-refractivity contribution in [1.82, 2.24) is 4.90 Å². The van der Waals surface area contributed by atoms with Crippen LogP contribution < -0.4 is 5.73 Å². The van der Waals surface area contributed by atoms with E-state index in [1.807, 2.05) is 11.8 Å². The Kier molecular flexibility index (Phi) is 5.95. The fourth-order valence-corrected chi connectivity index (χ4v) is 2.24. The molecule has 0 radical (unpaired) electrons. The minimum atomic E-state index is 0. The Morgan fingerprint density at radius 3 is 2.35 bits per heavy atom. The molecule has 3 atom stereocenters. The van der Waals surface area contributed by atoms with Crippen LogP contribution in [0, 0.1) is 17.3 Å². The molecule has 0 aromatic rings. The normalized spacial score (nSPS) is 26.6. The molecule has 0 aromatic heterocycles. The second-order valence-electron chi connectivity index (χ2n) is 6.26. The van der Waals surface area contributed by atoms with Crippen LogP contribution in [0.2, 0.25) is 0 Å². The zero-order valence-corrected chi connectivity index (χ0v) is 12.5. The number of hydrogen-bond donors (Lipinski definition) is 1. The highest BCUT2D eigenvalue weighted by Crippen LogP contribution is 2.31. The lowest BCUT2D eigenvalue weighted by Crippen LogP contribution is -2.42. The number of nitrogens with two attached hydrogens (primary N) is 1. The molecule has 102 valence electrons. The molecule has 3 unspecified atom stereocenters. The number of amides is 1. The summed E-state index contributed by atoms with van der Waals surface area (Å²) in [5, 5.41) is 0. The van der Waals surface area contributed by atoms with Gasteiger partial charge in [0.2, 0.25) is 5.91 Å². The summed E-state index contributed by atoms with van der Waals surface area (Å²) in [4.78, 5) is 14.4. The summed E-state index contributed by atoms with van der Waals surface area (Å²) in [5.41, 5.74) is 5.72. The van der Waals surface area contributed by atoms with Crippen LogP contribution in [0.3, 0.4) is 0 Å². The van der Waals surface area contributed by atoms with Crippen molar-refractivity contribution in [2.24, 2.45) is 23.0 Å². The third kappa shape index (κ3) is 3.85. The van der Waals surface area contributed by atoms with Crippen LogP contribution in [0.5, 0.6) is 0 Å². The molecule has 17 heavy (non-hydrogen) atoms. The first-order valence-corrected chi connectivity index (χ1v) is 6.28. The van der Waals surface area contributed by atoms with Gasteiger partial charge >= 0.3 is 0 Å². The molecule has 1 aliphatic heterocycles. The van der Waals surface area contributed by atoms with Gasteiger partial charge in [-0.15, -0.1) is 12.4 Å². The molecule has 1 heterocycles. The van der Waals surface area contributed by atoms with E-state index in [9.17, 15) is 4.79 Å². The van der Waals surface area contributed by atoms with Gasteiger partial charge in [0.15, 0.2) is 0 Å². The minimum absolute atomic E-state index is 0. The van der Waals surface area contributed by atoms with Crippen LogP contribution >= 0.6 is 12.4 Å². The summed E-state index contributed by atoms with van der Waals surface area (Å²) in [7, 11) is 0. The Balaban J connectivity index is 0.00000256. The molecule has 0 saturated carbocycles. The highest BCUT2D eigenvalue weighted by Gasteiger charge is 2.37. The predicted molar refractivity (Wildman–Crippen MR) is 74.2 cm³/mol. The lowest BCUT2D eigenvalue weighted by atomic mass is 9.81. The number of nitrogens with zero attached hydrogens (tertiary/aromatic N) is 1. The van der Waals surface area contributed by atoms with E-state index in [0.717, 1.165) is 13.0 Å². The van der Waals surface area contributed by atoms with Crippen LogP contribution in [0.25, 0.3) is 0 Å². The molecule has 1 rings (SSSR count). The first-order chi connectivity index (χ1) is 7.27. The van der Waals surface area contributed by atoms with Gasteiger partial charge in [-0.25, -0.2) is 0 Å². The van der Waals surface area contributed by atoms with Gasteiger partial charge < -0.3 is 10.6 Å². The Hall–Kier alpha value is -0.280. The molecule has 0 bridgehead atoms. The van der Waals surface area contributed by atoms with Crippen LogP contribution in [0.4, 0.5) is 0 Å². The molecular formula is C13H27ClN2O. The zero-order valence-electron chi connectivity index (χ0n) is 11.7. The summed E-state index contributed by atoms with van der Waals surface area (Å²) >= 11 is 0. The van der Waals surface area contributed by atoms with E-state index in [-0.39, 0.29) is 29.6 Å². The first-order valence-electron chi connectivity index (χ1n) is 6.28. The number of halogens is 1. The van der Waals surface area contributed by atoms with Crippen molar-refractivity contribution >= 4 is 18.3 Å². The first kappa shape index (κ1) is 16.7. The molecule has 0 aliphatic carbocycles. The maximum Gasteiger partial charge on any atom is 0.226 e. The van der Waals surface area contributed by atoms with Gasteiger partial charge in [-0.3, -0.25) is 4.79 Å². The molecule has 0 spiro atoms. The fourth-order valence-electron chi connectivity index (χ4n) is 2.24. The minimum Gasteiger partial charge on any atom is -0.339 e. The molecule has 4 heteroatoms. The highest BCUT2D eigenvalue weighted by atomic mass is 35.5. The van der Waals surface area contributed by atoms with E-state index >= 15 is 0 Å². The molecule has 1 fully saturated rings. The van der Waals surface area contributed by atoms with E-state index in [4.69, 9.17) is 5.73 Å². The van der Waals surface area contributed by atoms with Gasteiger partial charge in [0.1, 0.15) is 0 Å². The largest absolute Gasteiger partial charge is 0.339 e. The number of carbonyl (C=O) groups excluding carboxylic acids is 1. The summed E-state index contributed by atoms with van der Waals surface area (Å²) in [6, 6.07) is 0.353. The third-order valence-electron chi connectivity index (χ3n) is 3.95. The smallest absolute Gasteiger partial charge is 0.226 e. The van der Waals surface area contributed by atoms with Crippen LogP contribution in [0.15, 0.2) is 0 Å². The van der Waals surface area contributed by atoms with Crippen molar-refractivity contribution in [3.05, 3.63) is 0 Å². The number of hydrogen-bond acceptors (Lipinski definition) is 2. The van der Waals surface area contributed by atoms with Crippen molar-refractivity contribution < 1.29 is 4.79 Å². The number of likely N-dealkylation sites (tertiary alicyclic amines) is 1. The van der Waals surface area contributed by atoms with Crippen molar-refractivity contribution in [2.75, 3.05) is 13.1 Å². The summed E-state index contributed by atoms with van der Waals surface area (Å²) in [6.07, 6.45) is 1.05. The lowest BCUT2D eigenvalue weighted by Gasteiger charge is -2.32. The molecule has 1 amide bonds. The van der Waals surface area contributed by atoms with Gasteiger partial charge in [0, 0.05) is 18.5 Å². The Morgan fingerprint density at radius 2 is 2.00 bits per heavy atom. The number of carbonyl (C=O) groups is 1. The van der Waals surface area contributed by atoms with Gasteiger partial charge in [0.25, 0.3) is 0 Å². The van der Waals surface area contributed by atoms with E-state index in [2.05, 4.69) is 27.7 Å². The van der Waals surface area contributed by atoms with E-state index in [0.29, 0.717) is 18.5 Å². The van der Waals surface area contributed by atoms with Crippen LogP contribution in [-0.2, 0) is 4.79 Å². The lowest BCUT2D eigenvalue weighted by molar-refractivity contribution is -0.138. The molecule has 2 N–H and O–H groups in total. The van der Waals surface area contributed by atoms with Crippen molar-refractivity contribution in [3.63, 3.8) is 0 Å². The SMILES string of the molecule is CC1CC(CN)CN1C(=O)C(C)C(C)(C)C.Cl. The zero-order chi connectivity index (χ0) is 12.5. The van der Waals surface area contributed by atoms with Crippen molar-refractivity contribution in [2.45, 2.75) is 47.1 Å². The second kappa shape index (κ2) is 6.05. The monoisotopic (exact) mass is 262 g/mol. The fraction of sp³-hybridized carbons (Fsp3) is 0.923. The van der Waals surface area contributed by atoms with Crippen molar-refractivity contribution in [3.8, 4) is 0 Å². The van der Waals surface area contributed by atoms with Gasteiger partial charge in [-0.2, -0.15) is 0 Å². The Labute approximate surface area is 112 Å². The highest BCUT2D eigenvalue weighted by molar-refractivity contribution is 5.85. The van der Waals surface area contributed by atoms with Crippen LogP contribution in [-0.4, -0.2) is 29.9 Å². The Bertz CT molecular complexity index is 263. The average molecular weight is 263 g/mol. The topological polar surface area (TPSA) is 46.3 Å². The molecule has 0 aromatic carbocycles. The summed E-state index contributed by atoms with van der Waals surface area (Å²) in [5.74, 6) is 0.855. The van der Waals surface area contributed by atoms with Gasteiger partial charge in [-0.1, -0.05) is 27.7 Å². The Morgan fingerprint density at radius 1 is 1.47 bits per heavy atom. The summed E-state index contributed by atoms with van der Waals surface area (Å²) in [6.45, 7) is 12.1. The molecule has 1 aliphatic rings. The van der Waals surface area contributed by atoms with Gasteiger partial charge in [-0.05, 0) is 31.2 Å². The maximum absolute atomic E-state index is 12.3.